The van der Waals surface area contributed by atoms with Crippen LogP contribution >= 0.6 is 0 Å². The van der Waals surface area contributed by atoms with Gasteiger partial charge < -0.3 is 21.5 Å². The molecule has 7 heteroatoms. The molecule has 0 heterocycles. The van der Waals surface area contributed by atoms with Crippen LogP contribution in [-0.4, -0.2) is 23.7 Å². The Kier molecular flexibility index (Phi) is 5.00. The van der Waals surface area contributed by atoms with E-state index in [1.54, 1.807) is 24.3 Å². The zero-order chi connectivity index (χ0) is 17.0. The van der Waals surface area contributed by atoms with Crippen LogP contribution in [0.5, 0.6) is 0 Å². The Morgan fingerprint density at radius 3 is 2.35 bits per heavy atom. The molecule has 0 bridgehead atoms. The number of benzene rings is 1. The van der Waals surface area contributed by atoms with Crippen molar-refractivity contribution in [3.8, 4) is 0 Å². The van der Waals surface area contributed by atoms with Gasteiger partial charge in [-0.3, -0.25) is 9.59 Å². The Morgan fingerprint density at radius 1 is 1.17 bits per heavy atom. The Hall–Kier alpha value is -2.83. The summed E-state index contributed by atoms with van der Waals surface area (Å²) in [6.45, 7) is 2.46. The van der Waals surface area contributed by atoms with Crippen molar-refractivity contribution in [1.82, 2.24) is 0 Å². The molecule has 0 saturated heterocycles. The van der Waals surface area contributed by atoms with E-state index in [2.05, 4.69) is 10.6 Å². The number of hydrogen-bond acceptors (Lipinski definition) is 6. The lowest BCUT2D eigenvalue weighted by Gasteiger charge is -2.19. The molecule has 0 saturated carbocycles. The molecule has 23 heavy (non-hydrogen) atoms. The second-order valence-corrected chi connectivity index (χ2v) is 5.32. The van der Waals surface area contributed by atoms with Crippen molar-refractivity contribution in [2.45, 2.75) is 25.8 Å². The van der Waals surface area contributed by atoms with Crippen molar-refractivity contribution in [3.05, 3.63) is 50.3 Å². The van der Waals surface area contributed by atoms with Gasteiger partial charge in [0.2, 0.25) is 0 Å². The number of nitrogens with one attached hydrogen (secondary N) is 2. The van der Waals surface area contributed by atoms with Crippen LogP contribution in [0.4, 0.5) is 17.1 Å². The summed E-state index contributed by atoms with van der Waals surface area (Å²) in [5, 5.41) is 14.9. The van der Waals surface area contributed by atoms with Crippen molar-refractivity contribution in [3.63, 3.8) is 0 Å². The summed E-state index contributed by atoms with van der Waals surface area (Å²) in [6.07, 6.45) is 0.952. The van der Waals surface area contributed by atoms with Crippen LogP contribution < -0.4 is 27.2 Å². The van der Waals surface area contributed by atoms with E-state index in [-0.39, 0.29) is 17.8 Å². The summed E-state index contributed by atoms with van der Waals surface area (Å²) in [7, 11) is 0. The molecule has 0 amide bonds. The molecular weight excluding hydrogens is 298 g/mol. The lowest BCUT2D eigenvalue weighted by atomic mass is 10.0. The fourth-order valence-electron chi connectivity index (χ4n) is 2.21. The molecule has 122 valence electrons. The summed E-state index contributed by atoms with van der Waals surface area (Å²) >= 11 is 0. The SMILES string of the molecule is CCCNc1c(N[C@@H](Cc2ccc(N)cc2)C(=O)O)c(=O)c1=O. The van der Waals surface area contributed by atoms with Gasteiger partial charge in [-0.1, -0.05) is 19.1 Å². The van der Waals surface area contributed by atoms with Gasteiger partial charge in [0.05, 0.1) is 0 Å². The predicted molar refractivity (Wildman–Crippen MR) is 89.7 cm³/mol. The summed E-state index contributed by atoms with van der Waals surface area (Å²) in [4.78, 5) is 34.7. The second-order valence-electron chi connectivity index (χ2n) is 5.32. The van der Waals surface area contributed by atoms with Gasteiger partial charge in [0.25, 0.3) is 10.9 Å². The molecule has 0 aliphatic carbocycles. The number of carbonyl (C=O) groups is 1. The Morgan fingerprint density at radius 2 is 1.78 bits per heavy atom. The fraction of sp³-hybridized carbons (Fsp3) is 0.312. The van der Waals surface area contributed by atoms with Gasteiger partial charge >= 0.3 is 5.97 Å². The van der Waals surface area contributed by atoms with Crippen molar-refractivity contribution in [1.29, 1.82) is 0 Å². The van der Waals surface area contributed by atoms with Gasteiger partial charge in [0.15, 0.2) is 0 Å². The third-order valence-corrected chi connectivity index (χ3v) is 3.50. The van der Waals surface area contributed by atoms with Gasteiger partial charge in [0.1, 0.15) is 17.4 Å². The normalized spacial score (nSPS) is 12.0. The quantitative estimate of drug-likeness (QED) is 0.419. The van der Waals surface area contributed by atoms with Gasteiger partial charge in [-0.2, -0.15) is 0 Å². The van der Waals surface area contributed by atoms with E-state index in [4.69, 9.17) is 5.73 Å². The van der Waals surface area contributed by atoms with E-state index in [1.807, 2.05) is 6.92 Å². The monoisotopic (exact) mass is 317 g/mol. The third kappa shape index (κ3) is 3.68. The van der Waals surface area contributed by atoms with Gasteiger partial charge in [0, 0.05) is 18.7 Å². The molecule has 7 nitrogen and oxygen atoms in total. The van der Waals surface area contributed by atoms with Crippen LogP contribution in [0.2, 0.25) is 0 Å². The van der Waals surface area contributed by atoms with E-state index in [0.717, 1.165) is 12.0 Å². The summed E-state index contributed by atoms with van der Waals surface area (Å²) in [6, 6.07) is 5.81. The minimum atomic E-state index is -1.10. The first-order valence-electron chi connectivity index (χ1n) is 7.35. The number of aliphatic carboxylic acids is 1. The zero-order valence-corrected chi connectivity index (χ0v) is 12.8. The van der Waals surface area contributed by atoms with Crippen LogP contribution in [0.1, 0.15) is 18.9 Å². The van der Waals surface area contributed by atoms with Crippen LogP contribution in [-0.2, 0) is 11.2 Å². The fourth-order valence-corrected chi connectivity index (χ4v) is 2.21. The minimum absolute atomic E-state index is 0.0475. The van der Waals surface area contributed by atoms with Crippen LogP contribution in [0.15, 0.2) is 33.9 Å². The third-order valence-electron chi connectivity index (χ3n) is 3.50. The van der Waals surface area contributed by atoms with Crippen LogP contribution in [0.25, 0.3) is 0 Å². The highest BCUT2D eigenvalue weighted by Gasteiger charge is 2.26. The predicted octanol–water partition coefficient (Wildman–Crippen LogP) is 0.794. The highest BCUT2D eigenvalue weighted by molar-refractivity contribution is 5.82. The standard InChI is InChI=1S/C16H19N3O4/c1-2-7-18-12-13(15(21)14(12)20)19-11(16(22)23)8-9-3-5-10(17)6-4-9/h3-6,11,18-19H,2,7-8,17H2,1H3,(H,22,23)/t11-/m0/s1. The maximum Gasteiger partial charge on any atom is 0.326 e. The average molecular weight is 317 g/mol. The Balaban J connectivity index is 2.16. The van der Waals surface area contributed by atoms with E-state index >= 15 is 0 Å². The zero-order valence-electron chi connectivity index (χ0n) is 12.8. The summed E-state index contributed by atoms with van der Waals surface area (Å²) in [5.41, 5.74) is 5.86. The number of anilines is 3. The first kappa shape index (κ1) is 16.5. The molecule has 0 fully saturated rings. The number of carboxylic acid groups (broad SMARTS) is 1. The molecule has 2 aromatic rings. The number of nitrogens with two attached hydrogens (primary N) is 1. The molecule has 2 aromatic carbocycles. The summed E-state index contributed by atoms with van der Waals surface area (Å²) < 4.78 is 0. The molecule has 0 aliphatic heterocycles. The lowest BCUT2D eigenvalue weighted by Crippen LogP contribution is -2.42. The van der Waals surface area contributed by atoms with Crippen LogP contribution in [0, 0.1) is 0 Å². The average Bonchev–Trinajstić information content (AvgIpc) is 2.54. The van der Waals surface area contributed by atoms with Crippen molar-refractivity contribution in [2.24, 2.45) is 0 Å². The molecular formula is C16H19N3O4. The molecule has 0 spiro atoms. The molecule has 0 aromatic heterocycles. The minimum Gasteiger partial charge on any atom is -0.480 e. The largest absolute Gasteiger partial charge is 0.480 e. The Bertz CT molecular complexity index is 761. The lowest BCUT2D eigenvalue weighted by molar-refractivity contribution is -0.137. The topological polar surface area (TPSA) is 122 Å². The highest BCUT2D eigenvalue weighted by atomic mass is 16.4. The van der Waals surface area contributed by atoms with Crippen LogP contribution in [0.3, 0.4) is 0 Å². The molecule has 0 aliphatic rings. The van der Waals surface area contributed by atoms with Gasteiger partial charge in [-0.05, 0) is 24.1 Å². The van der Waals surface area contributed by atoms with Crippen molar-refractivity contribution < 1.29 is 9.90 Å². The molecule has 0 radical (unpaired) electrons. The number of hydrogen-bond donors (Lipinski definition) is 4. The maximum absolute atomic E-state index is 11.7. The van der Waals surface area contributed by atoms with Gasteiger partial charge in [-0.15, -0.1) is 0 Å². The second kappa shape index (κ2) is 6.95. The first-order chi connectivity index (χ1) is 10.9. The number of rotatable bonds is 8. The molecule has 0 unspecified atom stereocenters. The maximum atomic E-state index is 11.7. The smallest absolute Gasteiger partial charge is 0.326 e. The van der Waals surface area contributed by atoms with E-state index in [0.29, 0.717) is 12.2 Å². The highest BCUT2D eigenvalue weighted by Crippen LogP contribution is 2.17. The van der Waals surface area contributed by atoms with Gasteiger partial charge in [-0.25, -0.2) is 4.79 Å². The number of carboxylic acids is 1. The molecule has 5 N–H and O–H groups in total. The molecule has 1 atom stereocenters. The van der Waals surface area contributed by atoms with E-state index in [9.17, 15) is 19.5 Å². The Labute approximate surface area is 132 Å². The first-order valence-corrected chi connectivity index (χ1v) is 7.35. The van der Waals surface area contributed by atoms with Crippen molar-refractivity contribution in [2.75, 3.05) is 22.9 Å². The number of nitrogen functional groups attached to an aromatic ring is 1. The van der Waals surface area contributed by atoms with E-state index in [1.165, 1.54) is 0 Å². The summed E-state index contributed by atoms with van der Waals surface area (Å²) in [5.74, 6) is -1.10. The molecule has 2 rings (SSSR count). The van der Waals surface area contributed by atoms with E-state index < -0.39 is 22.9 Å². The van der Waals surface area contributed by atoms with Crippen molar-refractivity contribution >= 4 is 23.0 Å².